The molecule has 9 nitrogen and oxygen atoms in total. The number of hydrogen-bond donors (Lipinski definition) is 5. The number of aliphatic hydroxyl groups excluding tert-OH is 1. The Hall–Kier alpha value is -3.96. The maximum Gasteiger partial charge on any atom is 0.267 e. The molecule has 5 N–H and O–H groups in total. The zero-order valence-electron chi connectivity index (χ0n) is 21.9. The number of anilines is 1. The van der Waals surface area contributed by atoms with Crippen molar-refractivity contribution >= 4 is 38.6 Å². The first-order valence-corrected chi connectivity index (χ1v) is 14.6. The molecule has 0 spiro atoms. The smallest absolute Gasteiger partial charge is 0.267 e. The van der Waals surface area contributed by atoms with Crippen molar-refractivity contribution in [3.8, 4) is 0 Å². The molecular weight excluding hydrogens is 528 g/mol. The Kier molecular flexibility index (Phi) is 8.32. The molecule has 4 aromatic rings. The minimum absolute atomic E-state index is 0.0190. The quantitative estimate of drug-likeness (QED) is 0.107. The highest BCUT2D eigenvalue weighted by Gasteiger charge is 2.36. The third-order valence-electron chi connectivity index (χ3n) is 7.28. The van der Waals surface area contributed by atoms with Gasteiger partial charge in [0.1, 0.15) is 0 Å². The summed E-state index contributed by atoms with van der Waals surface area (Å²) in [6.07, 6.45) is 6.69. The van der Waals surface area contributed by atoms with Gasteiger partial charge in [0.15, 0.2) is 0 Å². The Morgan fingerprint density at radius 1 is 1.10 bits per heavy atom. The molecule has 5 rings (SSSR count). The van der Waals surface area contributed by atoms with Crippen LogP contribution < -0.4 is 10.8 Å². The molecule has 1 atom stereocenters. The van der Waals surface area contributed by atoms with E-state index in [-0.39, 0.29) is 17.5 Å². The van der Waals surface area contributed by atoms with Gasteiger partial charge in [-0.3, -0.25) is 10.0 Å². The van der Waals surface area contributed by atoms with Gasteiger partial charge in [0.2, 0.25) is 10.0 Å². The van der Waals surface area contributed by atoms with Gasteiger partial charge in [-0.1, -0.05) is 36.4 Å². The second-order valence-electron chi connectivity index (χ2n) is 9.72. The summed E-state index contributed by atoms with van der Waals surface area (Å²) in [5.41, 5.74) is 7.16. The minimum Gasteiger partial charge on any atom is -0.395 e. The van der Waals surface area contributed by atoms with E-state index < -0.39 is 15.9 Å². The van der Waals surface area contributed by atoms with Crippen LogP contribution in [0.5, 0.6) is 0 Å². The molecule has 1 heterocycles. The van der Waals surface area contributed by atoms with Gasteiger partial charge < -0.3 is 15.4 Å². The molecule has 0 aliphatic heterocycles. The first kappa shape index (κ1) is 27.6. The molecule has 1 aliphatic carbocycles. The summed E-state index contributed by atoms with van der Waals surface area (Å²) in [5, 5.41) is 21.9. The maximum atomic E-state index is 14.1. The maximum absolute atomic E-state index is 14.1. The monoisotopic (exact) mass is 560 g/mol. The molecule has 0 bridgehead atoms. The van der Waals surface area contributed by atoms with Crippen LogP contribution in [0.3, 0.4) is 0 Å². The Bertz CT molecular complexity index is 1630. The van der Waals surface area contributed by atoms with Crippen molar-refractivity contribution in [2.45, 2.75) is 30.2 Å². The van der Waals surface area contributed by atoms with Gasteiger partial charge in [-0.15, -0.1) is 0 Å². The number of aryl methyl sites for hydroxylation is 1. The van der Waals surface area contributed by atoms with Gasteiger partial charge in [-0.25, -0.2) is 13.9 Å². The molecule has 0 saturated heterocycles. The van der Waals surface area contributed by atoms with E-state index in [2.05, 4.69) is 10.3 Å². The minimum atomic E-state index is -3.85. The summed E-state index contributed by atoms with van der Waals surface area (Å²) in [4.78, 5) is 14.9. The SMILES string of the molecule is O=C(C=Cc1ccc2c(c1)CCC2N(CCc1c[nH]c2ccccc12)S(=O)(=O)c1ccc(NCCO)cc1)NO. The number of aromatic nitrogens is 1. The van der Waals surface area contributed by atoms with Crippen molar-refractivity contribution in [2.75, 3.05) is 25.0 Å². The normalized spacial score (nSPS) is 15.1. The predicted molar refractivity (Wildman–Crippen MR) is 154 cm³/mol. The number of fused-ring (bicyclic) bond motifs is 2. The van der Waals surface area contributed by atoms with E-state index in [0.717, 1.165) is 38.8 Å². The molecule has 0 fully saturated rings. The van der Waals surface area contributed by atoms with Crippen molar-refractivity contribution in [1.82, 2.24) is 14.8 Å². The predicted octanol–water partition coefficient (Wildman–Crippen LogP) is 4.01. The number of hydroxylamine groups is 1. The van der Waals surface area contributed by atoms with E-state index in [0.29, 0.717) is 32.4 Å². The number of aliphatic hydroxyl groups is 1. The lowest BCUT2D eigenvalue weighted by molar-refractivity contribution is -0.124. The average molecular weight is 561 g/mol. The molecular formula is C30H32N4O5S. The van der Waals surface area contributed by atoms with Crippen LogP contribution in [0, 0.1) is 0 Å². The first-order valence-electron chi connectivity index (χ1n) is 13.2. The van der Waals surface area contributed by atoms with Crippen LogP contribution in [0.2, 0.25) is 0 Å². The number of amides is 1. The molecule has 1 unspecified atom stereocenters. The summed E-state index contributed by atoms with van der Waals surface area (Å²) in [6, 6.07) is 20.0. The number of carbonyl (C=O) groups excluding carboxylic acids is 1. The van der Waals surface area contributed by atoms with E-state index in [1.54, 1.807) is 40.1 Å². The highest BCUT2D eigenvalue weighted by atomic mass is 32.2. The first-order chi connectivity index (χ1) is 19.4. The van der Waals surface area contributed by atoms with Gasteiger partial charge in [-0.05, 0) is 77.9 Å². The third-order valence-corrected chi connectivity index (χ3v) is 9.20. The lowest BCUT2D eigenvalue weighted by atomic mass is 10.0. The second kappa shape index (κ2) is 12.1. The lowest BCUT2D eigenvalue weighted by Gasteiger charge is -2.29. The van der Waals surface area contributed by atoms with Crippen LogP contribution in [-0.2, 0) is 27.7 Å². The van der Waals surface area contributed by atoms with Gasteiger partial charge in [0, 0.05) is 42.0 Å². The summed E-state index contributed by atoms with van der Waals surface area (Å²) < 4.78 is 29.9. The number of rotatable bonds is 11. The molecule has 0 saturated carbocycles. The lowest BCUT2D eigenvalue weighted by Crippen LogP contribution is -2.35. The fourth-order valence-electron chi connectivity index (χ4n) is 5.32. The molecule has 3 aromatic carbocycles. The van der Waals surface area contributed by atoms with Crippen LogP contribution in [0.1, 0.15) is 34.7 Å². The number of nitrogens with zero attached hydrogens (tertiary/aromatic N) is 1. The molecule has 10 heteroatoms. The number of benzene rings is 3. The van der Waals surface area contributed by atoms with Crippen molar-refractivity contribution < 1.29 is 23.5 Å². The number of nitrogens with one attached hydrogen (secondary N) is 3. The Balaban J connectivity index is 1.47. The zero-order valence-corrected chi connectivity index (χ0v) is 22.7. The number of aromatic amines is 1. The van der Waals surface area contributed by atoms with Crippen LogP contribution in [0.15, 0.2) is 83.9 Å². The third kappa shape index (κ3) is 5.80. The van der Waals surface area contributed by atoms with Crippen molar-refractivity contribution in [3.05, 3.63) is 101 Å². The summed E-state index contributed by atoms with van der Waals surface area (Å²) in [6.45, 7) is 0.662. The van der Waals surface area contributed by atoms with E-state index in [9.17, 15) is 13.2 Å². The number of sulfonamides is 1. The van der Waals surface area contributed by atoms with Crippen molar-refractivity contribution in [3.63, 3.8) is 0 Å². The number of carbonyl (C=O) groups is 1. The summed E-state index contributed by atoms with van der Waals surface area (Å²) >= 11 is 0. The number of para-hydroxylation sites is 1. The van der Waals surface area contributed by atoms with Crippen LogP contribution in [-0.4, -0.2) is 53.6 Å². The Morgan fingerprint density at radius 3 is 2.67 bits per heavy atom. The average Bonchev–Trinajstić information content (AvgIpc) is 3.59. The standard InChI is InChI=1S/C30H32N4O5S/c35-18-16-31-24-8-10-25(11-9-24)40(38,39)34(17-15-23-20-32-28-4-2-1-3-26(23)28)29-13-7-22-19-21(5-12-27(22)29)6-14-30(36)33-37/h1-6,8-12,14,19-20,29,31-32,35,37H,7,13,15-18H2,(H,33,36). The highest BCUT2D eigenvalue weighted by molar-refractivity contribution is 7.89. The van der Waals surface area contributed by atoms with Crippen molar-refractivity contribution in [1.29, 1.82) is 0 Å². The fourth-order valence-corrected chi connectivity index (χ4v) is 6.96. The Labute approximate surface area is 233 Å². The van der Waals surface area contributed by atoms with E-state index >= 15 is 0 Å². The summed E-state index contributed by atoms with van der Waals surface area (Å²) in [7, 11) is -3.85. The van der Waals surface area contributed by atoms with Gasteiger partial charge in [0.05, 0.1) is 17.5 Å². The highest BCUT2D eigenvalue weighted by Crippen LogP contribution is 2.39. The van der Waals surface area contributed by atoms with E-state index in [1.165, 1.54) is 6.08 Å². The fraction of sp³-hybridized carbons (Fsp3) is 0.233. The van der Waals surface area contributed by atoms with Crippen molar-refractivity contribution in [2.24, 2.45) is 0 Å². The second-order valence-corrected chi connectivity index (χ2v) is 11.6. The topological polar surface area (TPSA) is 135 Å². The molecule has 1 amide bonds. The molecule has 1 aromatic heterocycles. The Morgan fingerprint density at radius 2 is 1.90 bits per heavy atom. The molecule has 0 radical (unpaired) electrons. The number of H-pyrrole nitrogens is 1. The van der Waals surface area contributed by atoms with Crippen LogP contribution >= 0.6 is 0 Å². The zero-order chi connectivity index (χ0) is 28.1. The number of hydrogen-bond acceptors (Lipinski definition) is 6. The molecule has 208 valence electrons. The molecule has 1 aliphatic rings. The van der Waals surface area contributed by atoms with E-state index in [1.807, 2.05) is 48.7 Å². The summed E-state index contributed by atoms with van der Waals surface area (Å²) in [5.74, 6) is -0.620. The van der Waals surface area contributed by atoms with Gasteiger partial charge >= 0.3 is 0 Å². The van der Waals surface area contributed by atoms with E-state index in [4.69, 9.17) is 10.3 Å². The van der Waals surface area contributed by atoms with Gasteiger partial charge in [0.25, 0.3) is 5.91 Å². The van der Waals surface area contributed by atoms with Gasteiger partial charge in [-0.2, -0.15) is 4.31 Å². The van der Waals surface area contributed by atoms with Crippen LogP contribution in [0.25, 0.3) is 17.0 Å². The van der Waals surface area contributed by atoms with Crippen LogP contribution in [0.4, 0.5) is 5.69 Å². The largest absolute Gasteiger partial charge is 0.395 e. The molecule has 40 heavy (non-hydrogen) atoms.